The van der Waals surface area contributed by atoms with E-state index in [1.165, 1.54) is 7.11 Å². The maximum Gasteiger partial charge on any atom is 0.339 e. The van der Waals surface area contributed by atoms with E-state index in [1.807, 2.05) is 24.3 Å². The van der Waals surface area contributed by atoms with Crippen LogP contribution in [-0.2, 0) is 11.3 Å². The molecule has 1 aliphatic carbocycles. The molecule has 0 radical (unpaired) electrons. The summed E-state index contributed by atoms with van der Waals surface area (Å²) < 4.78 is 10.5. The summed E-state index contributed by atoms with van der Waals surface area (Å²) >= 11 is 0. The van der Waals surface area contributed by atoms with Crippen LogP contribution in [0.5, 0.6) is 5.75 Å². The Hall–Kier alpha value is -3.09. The van der Waals surface area contributed by atoms with Gasteiger partial charge in [-0.1, -0.05) is 18.2 Å². The van der Waals surface area contributed by atoms with Crippen molar-refractivity contribution in [3.63, 3.8) is 0 Å². The van der Waals surface area contributed by atoms with Crippen LogP contribution < -0.4 is 15.8 Å². The lowest BCUT2D eigenvalue weighted by Gasteiger charge is -2.26. The summed E-state index contributed by atoms with van der Waals surface area (Å²) in [6.07, 6.45) is 2.93. The Morgan fingerprint density at radius 1 is 1.29 bits per heavy atom. The molecule has 1 aliphatic heterocycles. The van der Waals surface area contributed by atoms with E-state index in [-0.39, 0.29) is 12.0 Å². The predicted octanol–water partition coefficient (Wildman–Crippen LogP) is 2.67. The number of carbonyl (C=O) groups is 1. The molecule has 4 rings (SSSR count). The highest BCUT2D eigenvalue weighted by molar-refractivity contribution is 5.90. The fourth-order valence-electron chi connectivity index (χ4n) is 3.44. The van der Waals surface area contributed by atoms with Crippen molar-refractivity contribution < 1.29 is 14.3 Å². The number of aromatic nitrogens is 1. The number of hydrogen-bond acceptors (Lipinski definition) is 5. The van der Waals surface area contributed by atoms with Crippen molar-refractivity contribution in [3.05, 3.63) is 58.9 Å². The van der Waals surface area contributed by atoms with Crippen molar-refractivity contribution in [2.24, 2.45) is 10.7 Å². The Bertz CT molecular complexity index is 908. The number of esters is 1. The fraction of sp³-hybridized carbons (Fsp3) is 0.381. The number of aliphatic imine (C=N–C) groups is 1. The van der Waals surface area contributed by atoms with Gasteiger partial charge in [-0.2, -0.15) is 0 Å². The van der Waals surface area contributed by atoms with Gasteiger partial charge >= 0.3 is 5.97 Å². The van der Waals surface area contributed by atoms with Crippen molar-refractivity contribution in [1.29, 1.82) is 0 Å². The predicted molar refractivity (Wildman–Crippen MR) is 105 cm³/mol. The third-order valence-corrected chi connectivity index (χ3v) is 5.04. The summed E-state index contributed by atoms with van der Waals surface area (Å²) in [5, 5.41) is 3.28. The van der Waals surface area contributed by atoms with Gasteiger partial charge in [0.2, 0.25) is 0 Å². The molecule has 3 N–H and O–H groups in total. The smallest absolute Gasteiger partial charge is 0.339 e. The number of carbonyl (C=O) groups excluding carboxylic acids is 1. The molecule has 0 saturated heterocycles. The van der Waals surface area contributed by atoms with Crippen molar-refractivity contribution in [1.82, 2.24) is 10.3 Å². The van der Waals surface area contributed by atoms with Crippen LogP contribution in [0.25, 0.3) is 0 Å². The second-order valence-electron chi connectivity index (χ2n) is 7.07. The first-order valence-electron chi connectivity index (χ1n) is 9.52. The number of rotatable bonds is 5. The maximum absolute atomic E-state index is 11.9. The quantitative estimate of drug-likeness (QED) is 0.470. The van der Waals surface area contributed by atoms with Gasteiger partial charge in [0.1, 0.15) is 5.75 Å². The minimum Gasteiger partial charge on any atom is -0.493 e. The minimum atomic E-state index is -0.344. The molecule has 0 spiro atoms. The first kappa shape index (κ1) is 18.3. The molecule has 2 aromatic rings. The number of nitrogens with zero attached hydrogens (tertiary/aromatic N) is 2. The van der Waals surface area contributed by atoms with Crippen molar-refractivity contribution in [2.75, 3.05) is 13.7 Å². The fourth-order valence-corrected chi connectivity index (χ4v) is 3.44. The van der Waals surface area contributed by atoms with E-state index in [4.69, 9.17) is 15.2 Å². The van der Waals surface area contributed by atoms with E-state index >= 15 is 0 Å². The topological polar surface area (TPSA) is 98.8 Å². The Balaban J connectivity index is 1.46. The molecule has 0 bridgehead atoms. The number of nitrogens with one attached hydrogen (secondary N) is 1. The second kappa shape index (κ2) is 7.88. The zero-order chi connectivity index (χ0) is 19.5. The van der Waals surface area contributed by atoms with Crippen molar-refractivity contribution in [3.8, 4) is 5.75 Å². The van der Waals surface area contributed by atoms with Crippen LogP contribution in [0.3, 0.4) is 0 Å². The third kappa shape index (κ3) is 3.93. The normalized spacial score (nSPS) is 18.8. The average molecular weight is 380 g/mol. The molecule has 1 aromatic carbocycles. The summed E-state index contributed by atoms with van der Waals surface area (Å²) in [7, 11) is 1.39. The van der Waals surface area contributed by atoms with Gasteiger partial charge in [-0.3, -0.25) is 4.98 Å². The molecule has 1 atom stereocenters. The highest BCUT2D eigenvalue weighted by Gasteiger charge is 2.30. The van der Waals surface area contributed by atoms with E-state index in [2.05, 4.69) is 15.3 Å². The number of benzene rings is 1. The summed E-state index contributed by atoms with van der Waals surface area (Å²) in [5.41, 5.74) is 9.34. The molecule has 7 heteroatoms. The maximum atomic E-state index is 11.9. The van der Waals surface area contributed by atoms with Crippen LogP contribution in [0, 0.1) is 0 Å². The second-order valence-corrected chi connectivity index (χ2v) is 7.07. The van der Waals surface area contributed by atoms with Gasteiger partial charge in [-0.05, 0) is 31.0 Å². The Morgan fingerprint density at radius 3 is 2.89 bits per heavy atom. The molecule has 2 aliphatic rings. The minimum absolute atomic E-state index is 0.0744. The Morgan fingerprint density at radius 2 is 2.11 bits per heavy atom. The number of guanidine groups is 1. The summed E-state index contributed by atoms with van der Waals surface area (Å²) in [6.45, 7) is 0.994. The molecule has 1 saturated carbocycles. The molecule has 28 heavy (non-hydrogen) atoms. The van der Waals surface area contributed by atoms with Crippen LogP contribution in [0.15, 0.2) is 41.4 Å². The molecule has 1 unspecified atom stereocenters. The largest absolute Gasteiger partial charge is 0.493 e. The number of nitrogens with two attached hydrogens (primary N) is 1. The van der Waals surface area contributed by atoms with E-state index in [1.54, 1.807) is 12.1 Å². The highest BCUT2D eigenvalue weighted by Crippen LogP contribution is 2.40. The van der Waals surface area contributed by atoms with Crippen LogP contribution in [0.4, 0.5) is 0 Å². The third-order valence-electron chi connectivity index (χ3n) is 5.04. The van der Waals surface area contributed by atoms with Crippen molar-refractivity contribution in [2.45, 2.75) is 37.8 Å². The SMILES string of the molecule is COC(=O)c1ccc(CN=C(N)NC2CCOc3ccccc32)nc1C1CC1. The zero-order valence-corrected chi connectivity index (χ0v) is 15.9. The molecule has 7 nitrogen and oxygen atoms in total. The number of hydrogen-bond donors (Lipinski definition) is 2. The van der Waals surface area contributed by atoms with E-state index < -0.39 is 0 Å². The van der Waals surface area contributed by atoms with Crippen LogP contribution >= 0.6 is 0 Å². The number of methoxy groups -OCH3 is 1. The number of fused-ring (bicyclic) bond motifs is 1. The van der Waals surface area contributed by atoms with Crippen LogP contribution in [0.2, 0.25) is 0 Å². The van der Waals surface area contributed by atoms with Gasteiger partial charge in [-0.25, -0.2) is 9.79 Å². The van der Waals surface area contributed by atoms with Gasteiger partial charge in [0.25, 0.3) is 0 Å². The monoisotopic (exact) mass is 380 g/mol. The van der Waals surface area contributed by atoms with E-state index in [0.717, 1.165) is 42.0 Å². The summed E-state index contributed by atoms with van der Waals surface area (Å²) in [4.78, 5) is 21.0. The average Bonchev–Trinajstić information content (AvgIpc) is 3.57. The molecule has 146 valence electrons. The highest BCUT2D eigenvalue weighted by atomic mass is 16.5. The molecule has 1 aromatic heterocycles. The van der Waals surface area contributed by atoms with E-state index in [0.29, 0.717) is 30.6 Å². The van der Waals surface area contributed by atoms with Gasteiger partial charge in [-0.15, -0.1) is 0 Å². The van der Waals surface area contributed by atoms with Gasteiger partial charge in [0, 0.05) is 17.9 Å². The Labute approximate surface area is 164 Å². The van der Waals surface area contributed by atoms with Crippen molar-refractivity contribution >= 4 is 11.9 Å². The first-order chi connectivity index (χ1) is 13.7. The first-order valence-corrected chi connectivity index (χ1v) is 9.52. The van der Waals surface area contributed by atoms with Gasteiger partial charge in [0.15, 0.2) is 5.96 Å². The lowest BCUT2D eigenvalue weighted by molar-refractivity contribution is 0.0598. The standard InChI is InChI=1S/C21H24N4O3/c1-27-20(26)16-9-8-14(24-19(16)13-6-7-13)12-23-21(22)25-17-10-11-28-18-5-3-2-4-15(17)18/h2-5,8-9,13,17H,6-7,10-12H2,1H3,(H3,22,23,25). The molecule has 2 heterocycles. The van der Waals surface area contributed by atoms with Gasteiger partial charge < -0.3 is 20.5 Å². The molecular weight excluding hydrogens is 356 g/mol. The molecular formula is C21H24N4O3. The summed E-state index contributed by atoms with van der Waals surface area (Å²) in [6, 6.07) is 11.6. The van der Waals surface area contributed by atoms with E-state index in [9.17, 15) is 4.79 Å². The molecule has 0 amide bonds. The number of ether oxygens (including phenoxy) is 2. The van der Waals surface area contributed by atoms with Crippen LogP contribution in [-0.4, -0.2) is 30.6 Å². The molecule has 1 fully saturated rings. The summed E-state index contributed by atoms with van der Waals surface area (Å²) in [5.74, 6) is 1.25. The number of para-hydroxylation sites is 1. The Kier molecular flexibility index (Phi) is 5.14. The lowest BCUT2D eigenvalue weighted by atomic mass is 10.0. The number of pyridine rings is 1. The lowest BCUT2D eigenvalue weighted by Crippen LogP contribution is -2.37. The van der Waals surface area contributed by atoms with Gasteiger partial charge in [0.05, 0.1) is 43.3 Å². The zero-order valence-electron chi connectivity index (χ0n) is 15.9. The van der Waals surface area contributed by atoms with Crippen LogP contribution in [0.1, 0.15) is 58.5 Å².